The number of hydrogen-bond donors (Lipinski definition) is 1. The van der Waals surface area contributed by atoms with Crippen LogP contribution in [0.4, 0.5) is 0 Å². The first-order valence-corrected chi connectivity index (χ1v) is 13.4. The number of benzene rings is 1. The Balaban J connectivity index is 1.22. The minimum absolute atomic E-state index is 0.0882. The average Bonchev–Trinajstić information content (AvgIpc) is 3.28. The molecule has 0 saturated carbocycles. The quantitative estimate of drug-likeness (QED) is 0.330. The molecule has 4 rings (SSSR count). The smallest absolute Gasteiger partial charge is 0.246 e. The summed E-state index contributed by atoms with van der Waals surface area (Å²) in [6.45, 7) is 7.20. The fourth-order valence-corrected chi connectivity index (χ4v) is 5.72. The third kappa shape index (κ3) is 6.41. The number of ether oxygens (including phenoxy) is 1. The summed E-state index contributed by atoms with van der Waals surface area (Å²) in [5, 5.41) is 4.40. The lowest BCUT2D eigenvalue weighted by atomic mass is 9.78. The second-order valence-electron chi connectivity index (χ2n) is 9.89. The molecule has 0 aromatic heterocycles. The van der Waals surface area contributed by atoms with E-state index < -0.39 is 0 Å². The van der Waals surface area contributed by atoms with Crippen molar-refractivity contribution >= 4 is 29.3 Å². The molecule has 2 fully saturated rings. The molecular weight excluding hydrogens is 442 g/mol. The topological polar surface area (TPSA) is 44.8 Å². The molecule has 0 atom stereocenters. The van der Waals surface area contributed by atoms with E-state index in [0.717, 1.165) is 68.4 Å². The molecule has 34 heavy (non-hydrogen) atoms. The summed E-state index contributed by atoms with van der Waals surface area (Å²) in [7, 11) is 0. The van der Waals surface area contributed by atoms with Crippen LogP contribution in [-0.4, -0.2) is 60.2 Å². The van der Waals surface area contributed by atoms with Gasteiger partial charge in [-0.05, 0) is 88.1 Å². The molecule has 1 aromatic rings. The minimum atomic E-state index is 0.0882. The van der Waals surface area contributed by atoms with E-state index in [1.165, 1.54) is 32.1 Å². The summed E-state index contributed by atoms with van der Waals surface area (Å²) < 4.78 is 5.66. The fourth-order valence-electron chi connectivity index (χ4n) is 5.46. The molecule has 2 heterocycles. The Kier molecular flexibility index (Phi) is 8.65. The highest BCUT2D eigenvalue weighted by Crippen LogP contribution is 2.40. The predicted octanol–water partition coefficient (Wildman–Crippen LogP) is 5.18. The van der Waals surface area contributed by atoms with Crippen molar-refractivity contribution in [1.29, 1.82) is 0 Å². The van der Waals surface area contributed by atoms with Gasteiger partial charge in [-0.1, -0.05) is 29.8 Å². The van der Waals surface area contributed by atoms with Crippen LogP contribution in [0, 0.1) is 5.41 Å². The van der Waals surface area contributed by atoms with Crippen LogP contribution in [0.3, 0.4) is 0 Å². The summed E-state index contributed by atoms with van der Waals surface area (Å²) >= 11 is 5.72. The second-order valence-corrected chi connectivity index (χ2v) is 10.3. The van der Waals surface area contributed by atoms with Crippen molar-refractivity contribution in [3.63, 3.8) is 0 Å². The van der Waals surface area contributed by atoms with E-state index in [-0.39, 0.29) is 5.91 Å². The number of carbonyl (C=O) groups excluding carboxylic acids is 1. The number of allylic oxidation sites excluding steroid dienone is 1. The van der Waals surface area contributed by atoms with Gasteiger partial charge in [-0.2, -0.15) is 0 Å². The van der Waals surface area contributed by atoms with Gasteiger partial charge in [-0.15, -0.1) is 0 Å². The predicted molar refractivity (Wildman–Crippen MR) is 143 cm³/mol. The third-order valence-electron chi connectivity index (χ3n) is 7.59. The number of piperidine rings is 1. The number of thiocarbonyl (C=S) groups is 1. The number of likely N-dealkylation sites (tertiary alicyclic amines) is 2. The van der Waals surface area contributed by atoms with Gasteiger partial charge in [0.1, 0.15) is 5.75 Å². The van der Waals surface area contributed by atoms with Gasteiger partial charge in [0.2, 0.25) is 5.91 Å². The van der Waals surface area contributed by atoms with E-state index >= 15 is 0 Å². The Morgan fingerprint density at radius 1 is 1.15 bits per heavy atom. The van der Waals surface area contributed by atoms with Crippen molar-refractivity contribution in [3.05, 3.63) is 47.6 Å². The highest BCUT2D eigenvalue weighted by Gasteiger charge is 2.41. The maximum atomic E-state index is 12.8. The first kappa shape index (κ1) is 24.8. The fraction of sp³-hybridized carbons (Fsp3) is 0.571. The maximum absolute atomic E-state index is 12.8. The summed E-state index contributed by atoms with van der Waals surface area (Å²) in [6.07, 6.45) is 15.5. The third-order valence-corrected chi connectivity index (χ3v) is 8.00. The van der Waals surface area contributed by atoms with Crippen LogP contribution in [0.15, 0.2) is 42.0 Å². The molecule has 1 N–H and O–H groups in total. The van der Waals surface area contributed by atoms with Gasteiger partial charge in [-0.25, -0.2) is 0 Å². The number of hydrogen-bond acceptors (Lipinski definition) is 3. The van der Waals surface area contributed by atoms with Gasteiger partial charge in [0, 0.05) is 44.4 Å². The Morgan fingerprint density at radius 2 is 1.91 bits per heavy atom. The highest BCUT2D eigenvalue weighted by atomic mass is 32.1. The molecule has 2 saturated heterocycles. The largest absolute Gasteiger partial charge is 0.493 e. The Labute approximate surface area is 210 Å². The van der Waals surface area contributed by atoms with Crippen LogP contribution in [0.1, 0.15) is 63.9 Å². The van der Waals surface area contributed by atoms with Crippen LogP contribution in [0.25, 0.3) is 6.08 Å². The minimum Gasteiger partial charge on any atom is -0.493 e. The lowest BCUT2D eigenvalue weighted by Crippen LogP contribution is -2.45. The zero-order chi connectivity index (χ0) is 23.8. The number of rotatable bonds is 7. The molecule has 2 aliphatic heterocycles. The van der Waals surface area contributed by atoms with E-state index in [4.69, 9.17) is 17.0 Å². The van der Waals surface area contributed by atoms with Gasteiger partial charge < -0.3 is 19.9 Å². The van der Waals surface area contributed by atoms with E-state index in [1.54, 1.807) is 11.6 Å². The van der Waals surface area contributed by atoms with E-state index in [0.29, 0.717) is 12.0 Å². The number of amides is 1. The highest BCUT2D eigenvalue weighted by molar-refractivity contribution is 7.80. The van der Waals surface area contributed by atoms with Crippen LogP contribution in [0.2, 0.25) is 0 Å². The van der Waals surface area contributed by atoms with Gasteiger partial charge in [0.25, 0.3) is 0 Å². The Hall–Kier alpha value is -2.34. The standard InChI is InChI=1S/C28H39N3O2S/c1-2-33-25-11-7-6-10-24(25)12-13-26(32)30-19-15-28(16-20-30)17-21-31(22-28)27(34)29-18-14-23-8-4-3-5-9-23/h6-8,10-13H,2-5,9,14-22H2,1H3,(H,29,34). The van der Waals surface area contributed by atoms with Gasteiger partial charge in [-0.3, -0.25) is 4.79 Å². The maximum Gasteiger partial charge on any atom is 0.246 e. The Morgan fingerprint density at radius 3 is 2.65 bits per heavy atom. The summed E-state index contributed by atoms with van der Waals surface area (Å²) in [4.78, 5) is 17.2. The van der Waals surface area contributed by atoms with E-state index in [2.05, 4.69) is 16.3 Å². The van der Waals surface area contributed by atoms with E-state index in [1.807, 2.05) is 42.2 Å². The summed E-state index contributed by atoms with van der Waals surface area (Å²) in [6, 6.07) is 7.84. The molecule has 6 heteroatoms. The molecular formula is C28H39N3O2S. The zero-order valence-corrected chi connectivity index (χ0v) is 21.4. The number of nitrogens with one attached hydrogen (secondary N) is 1. The van der Waals surface area contributed by atoms with Gasteiger partial charge in [0.05, 0.1) is 6.61 Å². The SMILES string of the molecule is CCOc1ccccc1C=CC(=O)N1CCC2(CC1)CCN(C(=S)NCCC1=CCCCC1)C2. The van der Waals surface area contributed by atoms with Crippen LogP contribution >= 0.6 is 12.2 Å². The van der Waals surface area contributed by atoms with Crippen molar-refractivity contribution in [2.45, 2.75) is 58.3 Å². The van der Waals surface area contributed by atoms with Crippen molar-refractivity contribution in [2.75, 3.05) is 39.3 Å². The first-order chi connectivity index (χ1) is 16.6. The molecule has 1 amide bonds. The molecule has 0 bridgehead atoms. The van der Waals surface area contributed by atoms with Crippen molar-refractivity contribution < 1.29 is 9.53 Å². The van der Waals surface area contributed by atoms with Gasteiger partial charge >= 0.3 is 0 Å². The lowest BCUT2D eigenvalue weighted by molar-refractivity contribution is -0.128. The zero-order valence-electron chi connectivity index (χ0n) is 20.6. The molecule has 1 spiro atoms. The molecule has 1 aromatic carbocycles. The molecule has 1 aliphatic carbocycles. The van der Waals surface area contributed by atoms with Crippen molar-refractivity contribution in [2.24, 2.45) is 5.41 Å². The monoisotopic (exact) mass is 481 g/mol. The van der Waals surface area contributed by atoms with Crippen LogP contribution < -0.4 is 10.1 Å². The summed E-state index contributed by atoms with van der Waals surface area (Å²) in [5.74, 6) is 0.906. The lowest BCUT2D eigenvalue weighted by Gasteiger charge is -2.39. The van der Waals surface area contributed by atoms with Crippen LogP contribution in [-0.2, 0) is 4.79 Å². The molecule has 184 valence electrons. The normalized spacial score (nSPS) is 20.0. The molecule has 0 radical (unpaired) electrons. The molecule has 5 nitrogen and oxygen atoms in total. The average molecular weight is 482 g/mol. The van der Waals surface area contributed by atoms with Crippen molar-refractivity contribution in [1.82, 2.24) is 15.1 Å². The number of carbonyl (C=O) groups is 1. The van der Waals surface area contributed by atoms with Crippen molar-refractivity contribution in [3.8, 4) is 5.75 Å². The summed E-state index contributed by atoms with van der Waals surface area (Å²) in [5.41, 5.74) is 2.82. The number of para-hydroxylation sites is 1. The molecule has 0 unspecified atom stereocenters. The first-order valence-electron chi connectivity index (χ1n) is 13.0. The van der Waals surface area contributed by atoms with E-state index in [9.17, 15) is 4.79 Å². The van der Waals surface area contributed by atoms with Gasteiger partial charge in [0.15, 0.2) is 5.11 Å². The molecule has 3 aliphatic rings. The van der Waals surface area contributed by atoms with Crippen LogP contribution in [0.5, 0.6) is 5.75 Å². The Bertz CT molecular complexity index is 918. The second kappa shape index (κ2) is 11.9. The number of nitrogens with zero attached hydrogens (tertiary/aromatic N) is 2.